The number of aromatic nitrogens is 2. The number of nitrogens with two attached hydrogens (primary N) is 1. The molecule has 2 heterocycles. The van der Waals surface area contributed by atoms with Gasteiger partial charge in [0.15, 0.2) is 0 Å². The summed E-state index contributed by atoms with van der Waals surface area (Å²) in [5.74, 6) is -0.0530. The number of rotatable bonds is 2. The molecule has 1 aliphatic rings. The molecule has 6 nitrogen and oxygen atoms in total. The molecule has 1 aromatic heterocycles. The molecule has 1 unspecified atom stereocenters. The molecule has 1 aromatic rings. The SMILES string of the molecule is CN1CCC(N(C)C(=O)c2c(N)cnn2C)C1. The lowest BCUT2D eigenvalue weighted by molar-refractivity contribution is 0.0727. The number of likely N-dealkylation sites (N-methyl/N-ethyl adjacent to an activating group) is 2. The lowest BCUT2D eigenvalue weighted by Gasteiger charge is -2.24. The third-order valence-corrected chi connectivity index (χ3v) is 3.40. The second kappa shape index (κ2) is 4.37. The van der Waals surface area contributed by atoms with E-state index in [4.69, 9.17) is 5.73 Å². The first-order chi connectivity index (χ1) is 8.00. The van der Waals surface area contributed by atoms with Gasteiger partial charge in [-0.05, 0) is 20.0 Å². The van der Waals surface area contributed by atoms with E-state index in [2.05, 4.69) is 17.0 Å². The summed E-state index contributed by atoms with van der Waals surface area (Å²) in [6, 6.07) is 0.266. The third kappa shape index (κ3) is 2.12. The summed E-state index contributed by atoms with van der Waals surface area (Å²) >= 11 is 0. The van der Waals surface area contributed by atoms with E-state index in [1.165, 1.54) is 10.9 Å². The number of hydrogen-bond donors (Lipinski definition) is 1. The largest absolute Gasteiger partial charge is 0.396 e. The van der Waals surface area contributed by atoms with Crippen molar-refractivity contribution in [1.29, 1.82) is 0 Å². The van der Waals surface area contributed by atoms with Gasteiger partial charge in [0.1, 0.15) is 5.69 Å². The molecular formula is C11H19N5O. The summed E-state index contributed by atoms with van der Waals surface area (Å²) in [5.41, 5.74) is 6.68. The monoisotopic (exact) mass is 237 g/mol. The molecule has 2 rings (SSSR count). The van der Waals surface area contributed by atoms with Gasteiger partial charge in [0, 0.05) is 26.7 Å². The van der Waals surface area contributed by atoms with Crippen molar-refractivity contribution in [2.24, 2.45) is 7.05 Å². The molecule has 1 atom stereocenters. The molecule has 2 N–H and O–H groups in total. The molecule has 1 fully saturated rings. The van der Waals surface area contributed by atoms with Gasteiger partial charge in [0.2, 0.25) is 0 Å². The lowest BCUT2D eigenvalue weighted by atomic mass is 10.2. The van der Waals surface area contributed by atoms with Crippen LogP contribution in [0.4, 0.5) is 5.69 Å². The minimum atomic E-state index is -0.0530. The number of aryl methyl sites for hydroxylation is 1. The van der Waals surface area contributed by atoms with E-state index in [9.17, 15) is 4.79 Å². The van der Waals surface area contributed by atoms with Crippen LogP contribution in [0.25, 0.3) is 0 Å². The highest BCUT2D eigenvalue weighted by Crippen LogP contribution is 2.18. The topological polar surface area (TPSA) is 67.4 Å². The Bertz CT molecular complexity index is 408. The summed E-state index contributed by atoms with van der Waals surface area (Å²) in [5, 5.41) is 3.99. The summed E-state index contributed by atoms with van der Waals surface area (Å²) in [6.07, 6.45) is 2.53. The normalized spacial score (nSPS) is 20.8. The average Bonchev–Trinajstić information content (AvgIpc) is 2.84. The maximum absolute atomic E-state index is 12.3. The van der Waals surface area contributed by atoms with Gasteiger partial charge in [-0.3, -0.25) is 9.48 Å². The second-order valence-electron chi connectivity index (χ2n) is 4.69. The van der Waals surface area contributed by atoms with Crippen LogP contribution in [0.3, 0.4) is 0 Å². The van der Waals surface area contributed by atoms with Crippen LogP contribution in [-0.4, -0.2) is 58.7 Å². The van der Waals surface area contributed by atoms with Crippen LogP contribution in [0.2, 0.25) is 0 Å². The summed E-state index contributed by atoms with van der Waals surface area (Å²) < 4.78 is 1.53. The van der Waals surface area contributed by atoms with Gasteiger partial charge in [-0.2, -0.15) is 5.10 Å². The number of carbonyl (C=O) groups is 1. The highest BCUT2D eigenvalue weighted by Gasteiger charge is 2.29. The fourth-order valence-electron chi connectivity index (χ4n) is 2.28. The fourth-order valence-corrected chi connectivity index (χ4v) is 2.28. The van der Waals surface area contributed by atoms with Crippen molar-refractivity contribution < 1.29 is 4.79 Å². The zero-order valence-corrected chi connectivity index (χ0v) is 10.6. The molecular weight excluding hydrogens is 218 g/mol. The Morgan fingerprint density at radius 2 is 2.29 bits per heavy atom. The highest BCUT2D eigenvalue weighted by atomic mass is 16.2. The van der Waals surface area contributed by atoms with Gasteiger partial charge in [-0.15, -0.1) is 0 Å². The first-order valence-corrected chi connectivity index (χ1v) is 5.74. The first kappa shape index (κ1) is 11.9. The van der Waals surface area contributed by atoms with Crippen molar-refractivity contribution in [3.05, 3.63) is 11.9 Å². The predicted octanol–water partition coefficient (Wildman–Crippen LogP) is -0.222. The molecule has 1 amide bonds. The lowest BCUT2D eigenvalue weighted by Crippen LogP contribution is -2.39. The van der Waals surface area contributed by atoms with E-state index in [0.717, 1.165) is 19.5 Å². The molecule has 94 valence electrons. The van der Waals surface area contributed by atoms with Gasteiger partial charge in [-0.25, -0.2) is 0 Å². The van der Waals surface area contributed by atoms with Gasteiger partial charge in [-0.1, -0.05) is 0 Å². The van der Waals surface area contributed by atoms with E-state index in [1.807, 2.05) is 7.05 Å². The Morgan fingerprint density at radius 3 is 2.76 bits per heavy atom. The molecule has 0 aliphatic carbocycles. The molecule has 1 saturated heterocycles. The number of carbonyl (C=O) groups excluding carboxylic acids is 1. The Balaban J connectivity index is 2.15. The molecule has 0 spiro atoms. The Labute approximate surface area is 101 Å². The number of nitrogens with zero attached hydrogens (tertiary/aromatic N) is 4. The molecule has 0 aromatic carbocycles. The molecule has 0 bridgehead atoms. The van der Waals surface area contributed by atoms with Gasteiger partial charge in [0.05, 0.1) is 11.9 Å². The number of likely N-dealkylation sites (tertiary alicyclic amines) is 1. The van der Waals surface area contributed by atoms with Crippen molar-refractivity contribution >= 4 is 11.6 Å². The second-order valence-corrected chi connectivity index (χ2v) is 4.69. The van der Waals surface area contributed by atoms with Gasteiger partial charge < -0.3 is 15.5 Å². The Morgan fingerprint density at radius 1 is 1.59 bits per heavy atom. The first-order valence-electron chi connectivity index (χ1n) is 5.74. The van der Waals surface area contributed by atoms with Crippen LogP contribution in [0, 0.1) is 0 Å². The number of anilines is 1. The van der Waals surface area contributed by atoms with Crippen LogP contribution in [0.5, 0.6) is 0 Å². The maximum Gasteiger partial charge on any atom is 0.274 e. The van der Waals surface area contributed by atoms with Gasteiger partial charge >= 0.3 is 0 Å². The quantitative estimate of drug-likeness (QED) is 0.772. The number of amides is 1. The minimum absolute atomic E-state index is 0.0530. The molecule has 17 heavy (non-hydrogen) atoms. The van der Waals surface area contributed by atoms with E-state index < -0.39 is 0 Å². The van der Waals surface area contributed by atoms with E-state index in [-0.39, 0.29) is 11.9 Å². The van der Waals surface area contributed by atoms with Crippen molar-refractivity contribution in [2.75, 3.05) is 32.9 Å². The maximum atomic E-state index is 12.3. The summed E-state index contributed by atoms with van der Waals surface area (Å²) in [7, 11) is 5.63. The van der Waals surface area contributed by atoms with Crippen LogP contribution in [-0.2, 0) is 7.05 Å². The summed E-state index contributed by atoms with van der Waals surface area (Å²) in [6.45, 7) is 1.95. The number of hydrogen-bond acceptors (Lipinski definition) is 4. The van der Waals surface area contributed by atoms with Crippen LogP contribution >= 0.6 is 0 Å². The van der Waals surface area contributed by atoms with Crippen molar-refractivity contribution in [2.45, 2.75) is 12.5 Å². The fraction of sp³-hybridized carbons (Fsp3) is 0.636. The van der Waals surface area contributed by atoms with Crippen LogP contribution in [0.15, 0.2) is 6.20 Å². The predicted molar refractivity (Wildman–Crippen MR) is 65.6 cm³/mol. The van der Waals surface area contributed by atoms with E-state index in [0.29, 0.717) is 11.4 Å². The van der Waals surface area contributed by atoms with E-state index in [1.54, 1.807) is 11.9 Å². The Hall–Kier alpha value is -1.56. The Kier molecular flexibility index (Phi) is 3.06. The van der Waals surface area contributed by atoms with Crippen LogP contribution in [0.1, 0.15) is 16.9 Å². The third-order valence-electron chi connectivity index (χ3n) is 3.40. The van der Waals surface area contributed by atoms with Crippen molar-refractivity contribution in [3.63, 3.8) is 0 Å². The molecule has 0 radical (unpaired) electrons. The zero-order valence-electron chi connectivity index (χ0n) is 10.6. The minimum Gasteiger partial charge on any atom is -0.396 e. The standard InChI is InChI=1S/C11H19N5O/c1-14-5-4-8(7-14)15(2)11(17)10-9(12)6-13-16(10)3/h6,8H,4-5,7,12H2,1-3H3. The molecule has 0 saturated carbocycles. The molecule has 1 aliphatic heterocycles. The van der Waals surface area contributed by atoms with Crippen LogP contribution < -0.4 is 5.73 Å². The summed E-state index contributed by atoms with van der Waals surface area (Å²) in [4.78, 5) is 16.3. The van der Waals surface area contributed by atoms with Crippen molar-refractivity contribution in [3.8, 4) is 0 Å². The van der Waals surface area contributed by atoms with Crippen molar-refractivity contribution in [1.82, 2.24) is 19.6 Å². The average molecular weight is 237 g/mol. The number of nitrogen functional groups attached to an aromatic ring is 1. The molecule has 6 heteroatoms. The smallest absolute Gasteiger partial charge is 0.274 e. The van der Waals surface area contributed by atoms with Gasteiger partial charge in [0.25, 0.3) is 5.91 Å². The highest BCUT2D eigenvalue weighted by molar-refractivity contribution is 5.97. The zero-order chi connectivity index (χ0) is 12.6. The van der Waals surface area contributed by atoms with E-state index >= 15 is 0 Å².